The number of anilines is 1. The van der Waals surface area contributed by atoms with Gasteiger partial charge in [0.15, 0.2) is 17.7 Å². The van der Waals surface area contributed by atoms with Gasteiger partial charge in [-0.25, -0.2) is 14.1 Å². The van der Waals surface area contributed by atoms with Gasteiger partial charge in [-0.05, 0) is 30.7 Å². The molecule has 15 heteroatoms. The molecule has 1 unspecified atom stereocenters. The summed E-state index contributed by atoms with van der Waals surface area (Å²) in [4.78, 5) is 18.8. The number of fused-ring (bicyclic) bond motifs is 1. The number of nitriles is 2. The topological polar surface area (TPSA) is 200 Å². The molecule has 0 saturated carbocycles. The van der Waals surface area contributed by atoms with Gasteiger partial charge >= 0.3 is 7.82 Å². The van der Waals surface area contributed by atoms with Crippen molar-refractivity contribution in [2.24, 2.45) is 0 Å². The van der Waals surface area contributed by atoms with Gasteiger partial charge in [-0.3, -0.25) is 14.0 Å². The number of pyridine rings is 1. The summed E-state index contributed by atoms with van der Waals surface area (Å²) in [5.41, 5.74) is 6.37. The van der Waals surface area contributed by atoms with E-state index >= 15 is 0 Å². The molecular formula is C39H58N7O7P. The summed E-state index contributed by atoms with van der Waals surface area (Å²) in [6.07, 6.45) is 21.8. The molecule has 4 rings (SSSR count). The molecule has 3 aromatic heterocycles. The van der Waals surface area contributed by atoms with E-state index in [1.807, 2.05) is 6.07 Å². The van der Waals surface area contributed by atoms with Crippen LogP contribution >= 0.6 is 7.82 Å². The van der Waals surface area contributed by atoms with Crippen LogP contribution in [-0.2, 0) is 40.0 Å². The maximum absolute atomic E-state index is 13.1. The third-order valence-electron chi connectivity index (χ3n) is 9.68. The summed E-state index contributed by atoms with van der Waals surface area (Å²) in [6.45, 7) is 2.68. The zero-order chi connectivity index (χ0) is 38.5. The number of ether oxygens (including phenoxy) is 3. The van der Waals surface area contributed by atoms with E-state index in [2.05, 4.69) is 28.1 Å². The van der Waals surface area contributed by atoms with E-state index in [-0.39, 0.29) is 38.5 Å². The fourth-order valence-electron chi connectivity index (χ4n) is 6.57. The number of hydrogen-bond donors (Lipinski definition) is 2. The summed E-state index contributed by atoms with van der Waals surface area (Å²) in [7, 11) is -4.65. The Morgan fingerprint density at radius 2 is 1.63 bits per heavy atom. The second-order valence-corrected chi connectivity index (χ2v) is 15.4. The summed E-state index contributed by atoms with van der Waals surface area (Å²) in [5.74, 6) is 0.240. The number of hydrogen-bond acceptors (Lipinski definition) is 12. The van der Waals surface area contributed by atoms with E-state index in [0.29, 0.717) is 29.1 Å². The number of nitrogens with zero attached hydrogens (tertiary/aromatic N) is 6. The molecule has 296 valence electrons. The maximum atomic E-state index is 13.1. The van der Waals surface area contributed by atoms with Gasteiger partial charge in [0.1, 0.15) is 30.1 Å². The Hall–Kier alpha value is -3.46. The monoisotopic (exact) mass is 767 g/mol. The fraction of sp³-hybridized carbons (Fsp3) is 0.667. The van der Waals surface area contributed by atoms with Crippen molar-refractivity contribution in [3.05, 3.63) is 53.7 Å². The Labute approximate surface area is 319 Å². The molecule has 0 amide bonds. The fourth-order valence-corrected chi connectivity index (χ4v) is 7.43. The van der Waals surface area contributed by atoms with Gasteiger partial charge < -0.3 is 24.8 Å². The molecule has 0 spiro atoms. The standard InChI is InChI=1S/C39H58N7O7P/c1-2-3-4-5-6-7-8-9-10-11-12-13-14-15-16-17-24-49-28-34(50-27-33-19-18-32(25-40)26-43-33)29-51-54(47,48)53-37-22-23-39(30-41,52-37)36-21-20-35-38(42)44-31-45-46(35)36/h18-21,26,31,34,37H,2-17,22-24,27-29H2,1H3,(H,47,48)(H2,42,44,45)/t34-,37-,39+/m1/s1. The Bertz CT molecular complexity index is 1660. The molecule has 0 radical (unpaired) electrons. The predicted octanol–water partition coefficient (Wildman–Crippen LogP) is 8.43. The Morgan fingerprint density at radius 1 is 0.963 bits per heavy atom. The van der Waals surface area contributed by atoms with Crippen molar-refractivity contribution >= 4 is 19.2 Å². The van der Waals surface area contributed by atoms with Crippen LogP contribution in [0.2, 0.25) is 0 Å². The minimum absolute atomic E-state index is 0.0779. The number of unbranched alkanes of at least 4 members (excludes halogenated alkanes) is 15. The first-order valence-corrected chi connectivity index (χ1v) is 21.2. The van der Waals surface area contributed by atoms with Crippen molar-refractivity contribution in [2.45, 2.75) is 147 Å². The van der Waals surface area contributed by atoms with E-state index in [0.717, 1.165) is 12.8 Å². The van der Waals surface area contributed by atoms with Crippen LogP contribution in [0.15, 0.2) is 36.8 Å². The molecule has 54 heavy (non-hydrogen) atoms. The molecular weight excluding hydrogens is 709 g/mol. The lowest BCUT2D eigenvalue weighted by Crippen LogP contribution is -2.28. The summed E-state index contributed by atoms with van der Waals surface area (Å²) < 4.78 is 43.1. The van der Waals surface area contributed by atoms with Crippen molar-refractivity contribution in [3.63, 3.8) is 0 Å². The summed E-state index contributed by atoms with van der Waals surface area (Å²) in [6, 6.07) is 10.9. The zero-order valence-corrected chi connectivity index (χ0v) is 32.7. The van der Waals surface area contributed by atoms with Crippen molar-refractivity contribution in [3.8, 4) is 12.1 Å². The quantitative estimate of drug-likeness (QED) is 0.0527. The highest BCUT2D eigenvalue weighted by atomic mass is 31.2. The summed E-state index contributed by atoms with van der Waals surface area (Å²) in [5, 5.41) is 23.4. The highest BCUT2D eigenvalue weighted by Crippen LogP contribution is 2.50. The molecule has 1 aliphatic rings. The van der Waals surface area contributed by atoms with Crippen molar-refractivity contribution in [1.29, 1.82) is 10.5 Å². The lowest BCUT2D eigenvalue weighted by molar-refractivity contribution is -0.120. The number of phosphoric ester groups is 1. The van der Waals surface area contributed by atoms with Crippen molar-refractivity contribution in [1.82, 2.24) is 19.6 Å². The summed E-state index contributed by atoms with van der Waals surface area (Å²) >= 11 is 0. The van der Waals surface area contributed by atoms with Crippen LogP contribution in [0.25, 0.3) is 5.52 Å². The predicted molar refractivity (Wildman–Crippen MR) is 204 cm³/mol. The van der Waals surface area contributed by atoms with Gasteiger partial charge in [0.25, 0.3) is 0 Å². The molecule has 0 bridgehead atoms. The van der Waals surface area contributed by atoms with Gasteiger partial charge in [0.05, 0.1) is 36.8 Å². The molecule has 3 aromatic rings. The lowest BCUT2D eigenvalue weighted by Gasteiger charge is -2.23. The van der Waals surface area contributed by atoms with Gasteiger partial charge in [-0.1, -0.05) is 103 Å². The SMILES string of the molecule is CCCCCCCCCCCCCCCCCCOC[C@H](COP(=O)(O)O[C@@H]1CC[C@](C#N)(c2ccc3c(N)ncnn23)O1)OCc1ccc(C#N)cn1. The van der Waals surface area contributed by atoms with E-state index in [1.54, 1.807) is 24.3 Å². The second-order valence-electron chi connectivity index (χ2n) is 14.0. The number of nitrogens with two attached hydrogens (primary N) is 1. The molecule has 1 saturated heterocycles. The first-order chi connectivity index (χ1) is 26.3. The highest BCUT2D eigenvalue weighted by Gasteiger charge is 2.47. The molecule has 4 heterocycles. The molecule has 3 N–H and O–H groups in total. The maximum Gasteiger partial charge on any atom is 0.474 e. The first kappa shape index (κ1) is 43.3. The average molecular weight is 768 g/mol. The number of aromatic nitrogens is 4. The van der Waals surface area contributed by atoms with Crippen LogP contribution < -0.4 is 5.73 Å². The average Bonchev–Trinajstić information content (AvgIpc) is 3.81. The Morgan fingerprint density at radius 3 is 2.24 bits per heavy atom. The second kappa shape index (κ2) is 23.5. The molecule has 1 aliphatic heterocycles. The number of phosphoric acid groups is 1. The largest absolute Gasteiger partial charge is 0.474 e. The molecule has 14 nitrogen and oxygen atoms in total. The molecule has 4 atom stereocenters. The van der Waals surface area contributed by atoms with Crippen LogP contribution in [0.4, 0.5) is 5.82 Å². The smallest absolute Gasteiger partial charge is 0.382 e. The molecule has 0 aliphatic carbocycles. The van der Waals surface area contributed by atoms with Gasteiger partial charge in [-0.2, -0.15) is 15.6 Å². The normalized spacial score (nSPS) is 18.7. The van der Waals surface area contributed by atoms with E-state index in [9.17, 15) is 14.7 Å². The van der Waals surface area contributed by atoms with E-state index < -0.39 is 25.8 Å². The van der Waals surface area contributed by atoms with Gasteiger partial charge in [0, 0.05) is 25.6 Å². The zero-order valence-electron chi connectivity index (χ0n) is 31.8. The number of nitrogen functional groups attached to an aromatic ring is 1. The van der Waals surface area contributed by atoms with Crippen molar-refractivity contribution < 1.29 is 32.7 Å². The Kier molecular flexibility index (Phi) is 18.8. The number of rotatable bonds is 28. The molecule has 0 aromatic carbocycles. The lowest BCUT2D eigenvalue weighted by atomic mass is 9.98. The van der Waals surface area contributed by atoms with E-state index in [4.69, 9.17) is 34.3 Å². The van der Waals surface area contributed by atoms with Crippen LogP contribution in [0.3, 0.4) is 0 Å². The molecule has 1 fully saturated rings. The third kappa shape index (κ3) is 14.3. The van der Waals surface area contributed by atoms with Crippen LogP contribution in [0.1, 0.15) is 139 Å². The van der Waals surface area contributed by atoms with Crippen LogP contribution in [0, 0.1) is 22.7 Å². The minimum atomic E-state index is -4.65. The van der Waals surface area contributed by atoms with E-state index in [1.165, 1.54) is 107 Å². The van der Waals surface area contributed by atoms with Crippen molar-refractivity contribution in [2.75, 3.05) is 25.6 Å². The minimum Gasteiger partial charge on any atom is -0.382 e. The van der Waals surface area contributed by atoms with Gasteiger partial charge in [0.2, 0.25) is 0 Å². The van der Waals surface area contributed by atoms with Crippen LogP contribution in [0.5, 0.6) is 0 Å². The Balaban J connectivity index is 1.15. The third-order valence-corrected chi connectivity index (χ3v) is 10.7. The first-order valence-electron chi connectivity index (χ1n) is 19.7. The highest BCUT2D eigenvalue weighted by molar-refractivity contribution is 7.47. The van der Waals surface area contributed by atoms with Crippen LogP contribution in [-0.4, -0.2) is 56.7 Å². The van der Waals surface area contributed by atoms with Gasteiger partial charge in [-0.15, -0.1) is 0 Å².